The number of pyridine rings is 3. The first kappa shape index (κ1) is 12.7. The number of hydrogen-bond donors (Lipinski definition) is 0. The lowest BCUT2D eigenvalue weighted by Crippen LogP contribution is -2.15. The number of fused-ring (bicyclic) bond motifs is 7. The molecule has 1 aromatic carbocycles. The van der Waals surface area contributed by atoms with Gasteiger partial charge in [0.2, 0.25) is 0 Å². The molecule has 1 aliphatic rings. The van der Waals surface area contributed by atoms with Crippen molar-refractivity contribution in [2.24, 2.45) is 0 Å². The summed E-state index contributed by atoms with van der Waals surface area (Å²) in [5.74, 6) is 0. The molecule has 5 rings (SSSR count). The molecule has 0 saturated carbocycles. The molecular weight excluding hydrogens is 282 g/mol. The van der Waals surface area contributed by atoms with Gasteiger partial charge in [-0.1, -0.05) is 32.0 Å². The van der Waals surface area contributed by atoms with Crippen LogP contribution in [0.2, 0.25) is 0 Å². The average molecular weight is 297 g/mol. The molecule has 1 aliphatic carbocycles. The van der Waals surface area contributed by atoms with Crippen molar-refractivity contribution >= 4 is 21.8 Å². The SMILES string of the molecule is CC1(C)c2cccnc2-c2ccc3ncc4ncccc4c3c21. The first-order valence-corrected chi connectivity index (χ1v) is 7.81. The molecule has 0 N–H and O–H groups in total. The summed E-state index contributed by atoms with van der Waals surface area (Å²) in [6, 6.07) is 12.6. The highest BCUT2D eigenvalue weighted by atomic mass is 14.7. The van der Waals surface area contributed by atoms with E-state index in [9.17, 15) is 0 Å². The van der Waals surface area contributed by atoms with E-state index in [1.165, 1.54) is 22.1 Å². The summed E-state index contributed by atoms with van der Waals surface area (Å²) in [4.78, 5) is 13.8. The predicted octanol–water partition coefficient (Wildman–Crippen LogP) is 4.48. The quantitative estimate of drug-likeness (QED) is 0.449. The van der Waals surface area contributed by atoms with Crippen LogP contribution in [0.4, 0.5) is 0 Å². The molecule has 3 aromatic heterocycles. The van der Waals surface area contributed by atoms with Gasteiger partial charge >= 0.3 is 0 Å². The topological polar surface area (TPSA) is 38.7 Å². The van der Waals surface area contributed by atoms with Crippen LogP contribution < -0.4 is 0 Å². The van der Waals surface area contributed by atoms with Crippen molar-refractivity contribution in [1.29, 1.82) is 0 Å². The van der Waals surface area contributed by atoms with Crippen LogP contribution in [-0.4, -0.2) is 15.0 Å². The first-order chi connectivity index (χ1) is 11.2. The Kier molecular flexibility index (Phi) is 2.28. The van der Waals surface area contributed by atoms with Gasteiger partial charge in [0, 0.05) is 34.1 Å². The van der Waals surface area contributed by atoms with Crippen LogP contribution >= 0.6 is 0 Å². The highest BCUT2D eigenvalue weighted by molar-refractivity contribution is 6.09. The van der Waals surface area contributed by atoms with Crippen LogP contribution in [0.5, 0.6) is 0 Å². The highest BCUT2D eigenvalue weighted by Crippen LogP contribution is 2.50. The van der Waals surface area contributed by atoms with Gasteiger partial charge in [-0.15, -0.1) is 0 Å². The minimum absolute atomic E-state index is 0.0930. The summed E-state index contributed by atoms with van der Waals surface area (Å²) < 4.78 is 0. The lowest BCUT2D eigenvalue weighted by molar-refractivity contribution is 0.665. The summed E-state index contributed by atoms with van der Waals surface area (Å²) >= 11 is 0. The number of hydrogen-bond acceptors (Lipinski definition) is 3. The minimum atomic E-state index is -0.0930. The summed E-state index contributed by atoms with van der Waals surface area (Å²) in [6.45, 7) is 4.54. The van der Waals surface area contributed by atoms with E-state index in [1.54, 1.807) is 0 Å². The molecule has 110 valence electrons. The Hall–Kier alpha value is -2.81. The second-order valence-electron chi connectivity index (χ2n) is 6.60. The Labute approximate surface area is 134 Å². The van der Waals surface area contributed by atoms with Gasteiger partial charge < -0.3 is 0 Å². The van der Waals surface area contributed by atoms with E-state index in [2.05, 4.69) is 53.1 Å². The summed E-state index contributed by atoms with van der Waals surface area (Å²) in [6.07, 6.45) is 5.55. The molecular formula is C20H15N3. The van der Waals surface area contributed by atoms with Gasteiger partial charge in [-0.2, -0.15) is 0 Å². The smallest absolute Gasteiger partial charge is 0.0891 e. The second-order valence-corrected chi connectivity index (χ2v) is 6.60. The van der Waals surface area contributed by atoms with Crippen molar-refractivity contribution in [3.05, 3.63) is 66.1 Å². The van der Waals surface area contributed by atoms with E-state index in [0.29, 0.717) is 0 Å². The van der Waals surface area contributed by atoms with Crippen LogP contribution in [0.3, 0.4) is 0 Å². The lowest BCUT2D eigenvalue weighted by atomic mass is 9.80. The van der Waals surface area contributed by atoms with Crippen LogP contribution in [0.15, 0.2) is 55.0 Å². The third-order valence-electron chi connectivity index (χ3n) is 4.98. The van der Waals surface area contributed by atoms with Gasteiger partial charge in [-0.25, -0.2) is 0 Å². The van der Waals surface area contributed by atoms with Crippen molar-refractivity contribution < 1.29 is 0 Å². The van der Waals surface area contributed by atoms with Gasteiger partial charge in [0.25, 0.3) is 0 Å². The Morgan fingerprint density at radius 3 is 2.57 bits per heavy atom. The van der Waals surface area contributed by atoms with E-state index in [-0.39, 0.29) is 5.41 Å². The first-order valence-electron chi connectivity index (χ1n) is 7.81. The van der Waals surface area contributed by atoms with Crippen LogP contribution in [0, 0.1) is 0 Å². The van der Waals surface area contributed by atoms with Crippen LogP contribution in [0.1, 0.15) is 25.0 Å². The van der Waals surface area contributed by atoms with Crippen molar-refractivity contribution in [2.45, 2.75) is 19.3 Å². The zero-order valence-electron chi connectivity index (χ0n) is 13.0. The molecule has 0 radical (unpaired) electrons. The fraction of sp³-hybridized carbons (Fsp3) is 0.150. The van der Waals surface area contributed by atoms with Gasteiger partial charge in [0.1, 0.15) is 0 Å². The van der Waals surface area contributed by atoms with Crippen molar-refractivity contribution in [2.75, 3.05) is 0 Å². The second kappa shape index (κ2) is 4.13. The third kappa shape index (κ3) is 1.51. The highest BCUT2D eigenvalue weighted by Gasteiger charge is 2.38. The van der Waals surface area contributed by atoms with Crippen molar-refractivity contribution in [3.8, 4) is 11.3 Å². The molecule has 3 nitrogen and oxygen atoms in total. The standard InChI is InChI=1S/C20H15N3/c1-20(2)14-6-4-10-22-19(14)13-7-8-15-17(18(13)20)12-5-3-9-21-16(12)11-23-15/h3-11H,1-2H3. The maximum absolute atomic E-state index is 4.65. The molecule has 3 heterocycles. The Balaban J connectivity index is 2.04. The minimum Gasteiger partial charge on any atom is -0.256 e. The third-order valence-corrected chi connectivity index (χ3v) is 4.98. The zero-order valence-corrected chi connectivity index (χ0v) is 13.0. The molecule has 0 unspecified atom stereocenters. The number of nitrogens with zero attached hydrogens (tertiary/aromatic N) is 3. The van der Waals surface area contributed by atoms with Crippen molar-refractivity contribution in [3.63, 3.8) is 0 Å². The summed E-state index contributed by atoms with van der Waals surface area (Å²) in [5, 5.41) is 2.37. The Morgan fingerprint density at radius 1 is 0.826 bits per heavy atom. The fourth-order valence-corrected chi connectivity index (χ4v) is 3.94. The molecule has 3 heteroatoms. The maximum atomic E-state index is 4.65. The van der Waals surface area contributed by atoms with E-state index < -0.39 is 0 Å². The monoisotopic (exact) mass is 297 g/mol. The van der Waals surface area contributed by atoms with E-state index in [1.807, 2.05) is 30.7 Å². The summed E-state index contributed by atoms with van der Waals surface area (Å²) in [7, 11) is 0. The normalized spacial score (nSPS) is 14.9. The molecule has 0 spiro atoms. The van der Waals surface area contributed by atoms with E-state index in [0.717, 1.165) is 22.1 Å². The largest absolute Gasteiger partial charge is 0.256 e. The number of aromatic nitrogens is 3. The molecule has 4 aromatic rings. The van der Waals surface area contributed by atoms with Crippen molar-refractivity contribution in [1.82, 2.24) is 15.0 Å². The molecule has 0 bridgehead atoms. The molecule has 0 amide bonds. The van der Waals surface area contributed by atoms with Crippen LogP contribution in [0.25, 0.3) is 33.1 Å². The Bertz CT molecular complexity index is 1100. The van der Waals surface area contributed by atoms with Gasteiger partial charge in [-0.3, -0.25) is 15.0 Å². The van der Waals surface area contributed by atoms with Gasteiger partial charge in [0.15, 0.2) is 0 Å². The van der Waals surface area contributed by atoms with Crippen LogP contribution in [-0.2, 0) is 5.41 Å². The molecule has 0 atom stereocenters. The van der Waals surface area contributed by atoms with E-state index in [4.69, 9.17) is 0 Å². The molecule has 0 fully saturated rings. The zero-order chi connectivity index (χ0) is 15.6. The molecule has 23 heavy (non-hydrogen) atoms. The predicted molar refractivity (Wildman–Crippen MR) is 92.4 cm³/mol. The molecule has 0 saturated heterocycles. The van der Waals surface area contributed by atoms with Gasteiger partial charge in [0.05, 0.1) is 22.9 Å². The molecule has 0 aliphatic heterocycles. The van der Waals surface area contributed by atoms with Gasteiger partial charge in [-0.05, 0) is 29.3 Å². The lowest BCUT2D eigenvalue weighted by Gasteiger charge is -2.23. The Morgan fingerprint density at radius 2 is 1.65 bits per heavy atom. The fourth-order valence-electron chi connectivity index (χ4n) is 3.94. The number of benzene rings is 1. The average Bonchev–Trinajstić information content (AvgIpc) is 2.83. The number of rotatable bonds is 0. The van der Waals surface area contributed by atoms with E-state index >= 15 is 0 Å². The maximum Gasteiger partial charge on any atom is 0.0891 e. The summed E-state index contributed by atoms with van der Waals surface area (Å²) in [5.41, 5.74) is 6.77.